The number of nitrogens with zero attached hydrogens (tertiary/aromatic N) is 1. The molecule has 1 atom stereocenters. The first-order valence-corrected chi connectivity index (χ1v) is 6.57. The van der Waals surface area contributed by atoms with Crippen LogP contribution in [0.15, 0.2) is 42.5 Å². The van der Waals surface area contributed by atoms with Gasteiger partial charge in [-0.25, -0.2) is 13.6 Å². The van der Waals surface area contributed by atoms with Crippen molar-refractivity contribution in [3.8, 4) is 0 Å². The molecule has 1 unspecified atom stereocenters. The van der Waals surface area contributed by atoms with Gasteiger partial charge in [0.1, 0.15) is 17.7 Å². The average Bonchev–Trinajstić information content (AvgIpc) is 2.82. The van der Waals surface area contributed by atoms with Crippen molar-refractivity contribution >= 4 is 11.7 Å². The molecule has 5 heteroatoms. The molecular formula is C16H13F2NO2. The molecule has 1 aliphatic heterocycles. The highest BCUT2D eigenvalue weighted by Crippen LogP contribution is 2.33. The molecule has 3 nitrogen and oxygen atoms in total. The number of rotatable bonds is 3. The largest absolute Gasteiger partial charge is 0.480 e. The second kappa shape index (κ2) is 5.16. The molecule has 1 N–H and O–H groups in total. The van der Waals surface area contributed by atoms with E-state index in [-0.39, 0.29) is 12.1 Å². The van der Waals surface area contributed by atoms with Gasteiger partial charge in [0.05, 0.1) is 0 Å². The molecule has 0 amide bonds. The fourth-order valence-corrected chi connectivity index (χ4v) is 2.71. The standard InChI is InChI=1S/C16H13F2NO2/c17-12-5-6-13(18)11(7-12)9-19-14-4-2-1-3-10(14)8-15(19)16(20)21/h1-7,15H,8-9H2,(H,20,21). The van der Waals surface area contributed by atoms with Crippen LogP contribution in [0.1, 0.15) is 11.1 Å². The summed E-state index contributed by atoms with van der Waals surface area (Å²) in [5.41, 5.74) is 1.81. The number of halogens is 2. The first-order valence-electron chi connectivity index (χ1n) is 6.57. The van der Waals surface area contributed by atoms with Crippen LogP contribution in [-0.4, -0.2) is 17.1 Å². The van der Waals surface area contributed by atoms with E-state index in [4.69, 9.17) is 0 Å². The Labute approximate surface area is 120 Å². The predicted molar refractivity (Wildman–Crippen MR) is 74.1 cm³/mol. The van der Waals surface area contributed by atoms with Gasteiger partial charge in [-0.05, 0) is 29.8 Å². The second-order valence-electron chi connectivity index (χ2n) is 5.05. The number of hydrogen-bond donors (Lipinski definition) is 1. The fraction of sp³-hybridized carbons (Fsp3) is 0.188. The molecule has 2 aromatic carbocycles. The Bertz CT molecular complexity index is 702. The van der Waals surface area contributed by atoms with Crippen LogP contribution in [0.3, 0.4) is 0 Å². The zero-order valence-corrected chi connectivity index (χ0v) is 11.1. The molecular weight excluding hydrogens is 276 g/mol. The summed E-state index contributed by atoms with van der Waals surface area (Å²) in [5.74, 6) is -2.04. The van der Waals surface area contributed by atoms with Crippen molar-refractivity contribution < 1.29 is 18.7 Å². The molecule has 108 valence electrons. The predicted octanol–water partition coefficient (Wildman–Crippen LogP) is 2.98. The number of para-hydroxylation sites is 1. The van der Waals surface area contributed by atoms with E-state index in [0.717, 1.165) is 29.4 Å². The Morgan fingerprint density at radius 2 is 2.00 bits per heavy atom. The van der Waals surface area contributed by atoms with Gasteiger partial charge in [-0.2, -0.15) is 0 Å². The molecule has 0 aliphatic carbocycles. The summed E-state index contributed by atoms with van der Waals surface area (Å²) in [6.07, 6.45) is 0.364. The van der Waals surface area contributed by atoms with E-state index < -0.39 is 23.6 Å². The molecule has 0 saturated carbocycles. The maximum atomic E-state index is 13.8. The van der Waals surface area contributed by atoms with Crippen LogP contribution in [0, 0.1) is 11.6 Å². The third-order valence-electron chi connectivity index (χ3n) is 3.72. The van der Waals surface area contributed by atoms with Crippen LogP contribution in [0.25, 0.3) is 0 Å². The van der Waals surface area contributed by atoms with E-state index in [0.29, 0.717) is 6.42 Å². The number of benzene rings is 2. The zero-order valence-electron chi connectivity index (χ0n) is 11.1. The van der Waals surface area contributed by atoms with E-state index in [1.165, 1.54) is 0 Å². The van der Waals surface area contributed by atoms with Crippen molar-refractivity contribution in [2.75, 3.05) is 4.90 Å². The summed E-state index contributed by atoms with van der Waals surface area (Å²) >= 11 is 0. The average molecular weight is 289 g/mol. The van der Waals surface area contributed by atoms with Crippen LogP contribution in [0.2, 0.25) is 0 Å². The lowest BCUT2D eigenvalue weighted by molar-refractivity contribution is -0.138. The Morgan fingerprint density at radius 3 is 2.76 bits per heavy atom. The van der Waals surface area contributed by atoms with Crippen LogP contribution >= 0.6 is 0 Å². The SMILES string of the molecule is O=C(O)C1Cc2ccccc2N1Cc1cc(F)ccc1F. The molecule has 0 radical (unpaired) electrons. The third-order valence-corrected chi connectivity index (χ3v) is 3.72. The highest BCUT2D eigenvalue weighted by molar-refractivity contribution is 5.82. The smallest absolute Gasteiger partial charge is 0.326 e. The first kappa shape index (κ1) is 13.5. The molecule has 1 aliphatic rings. The van der Waals surface area contributed by atoms with Crippen molar-refractivity contribution in [1.29, 1.82) is 0 Å². The number of carbonyl (C=O) groups is 1. The highest BCUT2D eigenvalue weighted by Gasteiger charge is 2.34. The molecule has 0 saturated heterocycles. The van der Waals surface area contributed by atoms with Crippen LogP contribution < -0.4 is 4.90 Å². The number of hydrogen-bond acceptors (Lipinski definition) is 2. The van der Waals surface area contributed by atoms with Gasteiger partial charge >= 0.3 is 5.97 Å². The number of aliphatic carboxylic acids is 1. The molecule has 2 aromatic rings. The topological polar surface area (TPSA) is 40.5 Å². The van der Waals surface area contributed by atoms with Crippen molar-refractivity contribution in [1.82, 2.24) is 0 Å². The molecule has 0 spiro atoms. The molecule has 0 fully saturated rings. The summed E-state index contributed by atoms with van der Waals surface area (Å²) in [6, 6.07) is 9.75. The summed E-state index contributed by atoms with van der Waals surface area (Å²) in [7, 11) is 0. The quantitative estimate of drug-likeness (QED) is 0.944. The lowest BCUT2D eigenvalue weighted by Crippen LogP contribution is -2.38. The van der Waals surface area contributed by atoms with Crippen molar-refractivity contribution in [2.24, 2.45) is 0 Å². The summed E-state index contributed by atoms with van der Waals surface area (Å²) in [4.78, 5) is 13.0. The van der Waals surface area contributed by atoms with E-state index in [1.54, 1.807) is 17.0 Å². The first-order chi connectivity index (χ1) is 10.1. The maximum absolute atomic E-state index is 13.8. The monoisotopic (exact) mass is 289 g/mol. The minimum absolute atomic E-state index is 0.0254. The van der Waals surface area contributed by atoms with Gasteiger partial charge in [0.2, 0.25) is 0 Å². The molecule has 3 rings (SSSR count). The zero-order chi connectivity index (χ0) is 15.0. The molecule has 0 aromatic heterocycles. The summed E-state index contributed by atoms with van der Waals surface area (Å²) < 4.78 is 27.1. The number of fused-ring (bicyclic) bond motifs is 1. The van der Waals surface area contributed by atoms with Gasteiger partial charge in [0.15, 0.2) is 0 Å². The lowest BCUT2D eigenvalue weighted by atomic mass is 10.1. The number of carboxylic acids is 1. The molecule has 21 heavy (non-hydrogen) atoms. The lowest BCUT2D eigenvalue weighted by Gasteiger charge is -2.25. The Morgan fingerprint density at radius 1 is 1.24 bits per heavy atom. The van der Waals surface area contributed by atoms with Gasteiger partial charge < -0.3 is 10.0 Å². The third kappa shape index (κ3) is 2.46. The Hall–Kier alpha value is -2.43. The van der Waals surface area contributed by atoms with Gasteiger partial charge in [0.25, 0.3) is 0 Å². The van der Waals surface area contributed by atoms with Gasteiger partial charge in [0, 0.05) is 24.2 Å². The van der Waals surface area contributed by atoms with E-state index >= 15 is 0 Å². The minimum Gasteiger partial charge on any atom is -0.480 e. The Balaban J connectivity index is 1.98. The van der Waals surface area contributed by atoms with E-state index in [2.05, 4.69) is 0 Å². The van der Waals surface area contributed by atoms with Crippen LogP contribution in [-0.2, 0) is 17.8 Å². The second-order valence-corrected chi connectivity index (χ2v) is 5.05. The van der Waals surface area contributed by atoms with Crippen molar-refractivity contribution in [2.45, 2.75) is 19.0 Å². The van der Waals surface area contributed by atoms with Crippen molar-refractivity contribution in [3.05, 3.63) is 65.2 Å². The highest BCUT2D eigenvalue weighted by atomic mass is 19.1. The van der Waals surface area contributed by atoms with Gasteiger partial charge in [-0.1, -0.05) is 18.2 Å². The van der Waals surface area contributed by atoms with Crippen LogP contribution in [0.4, 0.5) is 14.5 Å². The molecule has 0 bridgehead atoms. The van der Waals surface area contributed by atoms with Crippen molar-refractivity contribution in [3.63, 3.8) is 0 Å². The summed E-state index contributed by atoms with van der Waals surface area (Å²) in [5, 5.41) is 9.35. The summed E-state index contributed by atoms with van der Waals surface area (Å²) in [6.45, 7) is 0.0254. The molecule has 1 heterocycles. The fourth-order valence-electron chi connectivity index (χ4n) is 2.71. The van der Waals surface area contributed by atoms with Gasteiger partial charge in [-0.3, -0.25) is 0 Å². The van der Waals surface area contributed by atoms with Gasteiger partial charge in [-0.15, -0.1) is 0 Å². The van der Waals surface area contributed by atoms with E-state index in [9.17, 15) is 18.7 Å². The number of anilines is 1. The maximum Gasteiger partial charge on any atom is 0.326 e. The van der Waals surface area contributed by atoms with Crippen LogP contribution in [0.5, 0.6) is 0 Å². The minimum atomic E-state index is -0.969. The normalized spacial score (nSPS) is 16.9. The van der Waals surface area contributed by atoms with E-state index in [1.807, 2.05) is 12.1 Å². The Kier molecular flexibility index (Phi) is 3.33. The number of carboxylic acid groups (broad SMARTS) is 1.